The predicted octanol–water partition coefficient (Wildman–Crippen LogP) is 0.733. The van der Waals surface area contributed by atoms with Crippen molar-refractivity contribution < 1.29 is 9.53 Å². The third-order valence-corrected chi connectivity index (χ3v) is 2.15. The van der Waals surface area contributed by atoms with E-state index < -0.39 is 0 Å². The average Bonchev–Trinajstić information content (AvgIpc) is 2.64. The summed E-state index contributed by atoms with van der Waals surface area (Å²) in [5, 5.41) is 7.24. The van der Waals surface area contributed by atoms with E-state index in [9.17, 15) is 4.79 Å². The van der Waals surface area contributed by atoms with Crippen LogP contribution in [0.2, 0.25) is 0 Å². The molecule has 0 bridgehead atoms. The summed E-state index contributed by atoms with van der Waals surface area (Å²) in [6, 6.07) is -0.329. The van der Waals surface area contributed by atoms with Gasteiger partial charge in [0.05, 0.1) is 19.3 Å². The van der Waals surface area contributed by atoms with Crippen LogP contribution in [0.5, 0.6) is 0 Å². The van der Waals surface area contributed by atoms with Gasteiger partial charge in [-0.2, -0.15) is 5.10 Å². The maximum Gasteiger partial charge on any atom is 0.325 e. The van der Waals surface area contributed by atoms with Gasteiger partial charge in [0, 0.05) is 6.20 Å². The second kappa shape index (κ2) is 6.27. The van der Waals surface area contributed by atoms with Gasteiger partial charge in [-0.15, -0.1) is 0 Å². The molecule has 1 heterocycles. The molecule has 5 nitrogen and oxygen atoms in total. The SMILES string of the molecule is CCNC(Cn1cc(C)cn1)C(=O)OCC. The maximum absolute atomic E-state index is 11.6. The Morgan fingerprint density at radius 2 is 2.38 bits per heavy atom. The molecular weight excluding hydrogens is 206 g/mol. The van der Waals surface area contributed by atoms with Crippen molar-refractivity contribution in [2.45, 2.75) is 33.4 Å². The second-order valence-electron chi connectivity index (χ2n) is 3.60. The van der Waals surface area contributed by atoms with Crippen LogP contribution in [0.3, 0.4) is 0 Å². The third-order valence-electron chi connectivity index (χ3n) is 2.15. The molecule has 1 atom stereocenters. The van der Waals surface area contributed by atoms with Crippen LogP contribution in [0.4, 0.5) is 0 Å². The summed E-state index contributed by atoms with van der Waals surface area (Å²) in [5.74, 6) is -0.225. The number of hydrogen-bond acceptors (Lipinski definition) is 4. The molecule has 16 heavy (non-hydrogen) atoms. The van der Waals surface area contributed by atoms with Gasteiger partial charge < -0.3 is 10.1 Å². The first-order valence-corrected chi connectivity index (χ1v) is 5.56. The molecule has 5 heteroatoms. The quantitative estimate of drug-likeness (QED) is 0.725. The van der Waals surface area contributed by atoms with Gasteiger partial charge in [-0.05, 0) is 26.0 Å². The fourth-order valence-electron chi connectivity index (χ4n) is 1.47. The van der Waals surface area contributed by atoms with E-state index in [-0.39, 0.29) is 12.0 Å². The van der Waals surface area contributed by atoms with Gasteiger partial charge in [-0.25, -0.2) is 0 Å². The minimum absolute atomic E-state index is 0.225. The van der Waals surface area contributed by atoms with E-state index in [1.165, 1.54) is 0 Å². The largest absolute Gasteiger partial charge is 0.465 e. The van der Waals surface area contributed by atoms with E-state index in [0.29, 0.717) is 13.2 Å². The number of aromatic nitrogens is 2. The fourth-order valence-corrected chi connectivity index (χ4v) is 1.47. The fraction of sp³-hybridized carbons (Fsp3) is 0.636. The minimum Gasteiger partial charge on any atom is -0.465 e. The molecule has 1 rings (SSSR count). The Labute approximate surface area is 95.8 Å². The van der Waals surface area contributed by atoms with Gasteiger partial charge in [0.25, 0.3) is 0 Å². The molecule has 0 aliphatic carbocycles. The Morgan fingerprint density at radius 3 is 2.88 bits per heavy atom. The molecule has 0 amide bonds. The number of aryl methyl sites for hydroxylation is 1. The monoisotopic (exact) mass is 225 g/mol. The normalized spacial score (nSPS) is 12.4. The van der Waals surface area contributed by atoms with Gasteiger partial charge in [0.1, 0.15) is 6.04 Å². The van der Waals surface area contributed by atoms with Crippen molar-refractivity contribution in [2.24, 2.45) is 0 Å². The van der Waals surface area contributed by atoms with Gasteiger partial charge in [-0.3, -0.25) is 9.48 Å². The number of hydrogen-bond donors (Lipinski definition) is 1. The summed E-state index contributed by atoms with van der Waals surface area (Å²) in [7, 11) is 0. The lowest BCUT2D eigenvalue weighted by molar-refractivity contribution is -0.146. The van der Waals surface area contributed by atoms with E-state index in [0.717, 1.165) is 12.1 Å². The molecule has 0 radical (unpaired) electrons. The standard InChI is InChI=1S/C11H19N3O2/c1-4-12-10(11(15)16-5-2)8-14-7-9(3)6-13-14/h6-7,10,12H,4-5,8H2,1-3H3. The van der Waals surface area contributed by atoms with Crippen LogP contribution in [-0.4, -0.2) is 34.9 Å². The number of carbonyl (C=O) groups excluding carboxylic acids is 1. The van der Waals surface area contributed by atoms with Crippen molar-refractivity contribution in [2.75, 3.05) is 13.2 Å². The predicted molar refractivity (Wildman–Crippen MR) is 61.1 cm³/mol. The van der Waals surface area contributed by atoms with E-state index >= 15 is 0 Å². The van der Waals surface area contributed by atoms with Gasteiger partial charge in [-0.1, -0.05) is 6.92 Å². The molecule has 0 saturated carbocycles. The first-order valence-electron chi connectivity index (χ1n) is 5.56. The van der Waals surface area contributed by atoms with Crippen molar-refractivity contribution in [3.05, 3.63) is 18.0 Å². The van der Waals surface area contributed by atoms with Crippen molar-refractivity contribution in [3.63, 3.8) is 0 Å². The van der Waals surface area contributed by atoms with Crippen molar-refractivity contribution >= 4 is 5.97 Å². The van der Waals surface area contributed by atoms with Gasteiger partial charge >= 0.3 is 5.97 Å². The summed E-state index contributed by atoms with van der Waals surface area (Å²) < 4.78 is 6.74. The smallest absolute Gasteiger partial charge is 0.325 e. The Bertz CT molecular complexity index is 336. The zero-order valence-corrected chi connectivity index (χ0v) is 10.1. The number of nitrogens with zero attached hydrogens (tertiary/aromatic N) is 2. The Balaban J connectivity index is 2.60. The molecular formula is C11H19N3O2. The van der Waals surface area contributed by atoms with Crippen LogP contribution < -0.4 is 5.32 Å². The Hall–Kier alpha value is -1.36. The zero-order valence-electron chi connectivity index (χ0n) is 10.1. The summed E-state index contributed by atoms with van der Waals surface area (Å²) in [5.41, 5.74) is 1.08. The number of ether oxygens (including phenoxy) is 1. The Kier molecular flexibility index (Phi) is 4.98. The molecule has 0 aliphatic rings. The van der Waals surface area contributed by atoms with Gasteiger partial charge in [0.15, 0.2) is 0 Å². The molecule has 0 fully saturated rings. The van der Waals surface area contributed by atoms with Crippen LogP contribution >= 0.6 is 0 Å². The number of esters is 1. The first kappa shape index (κ1) is 12.7. The molecule has 0 aliphatic heterocycles. The lowest BCUT2D eigenvalue weighted by Gasteiger charge is -2.16. The maximum atomic E-state index is 11.6. The topological polar surface area (TPSA) is 56.2 Å². The number of likely N-dealkylation sites (N-methyl/N-ethyl adjacent to an activating group) is 1. The molecule has 90 valence electrons. The van der Waals surface area contributed by atoms with E-state index in [4.69, 9.17) is 4.74 Å². The second-order valence-corrected chi connectivity index (χ2v) is 3.60. The molecule has 1 unspecified atom stereocenters. The summed E-state index contributed by atoms with van der Waals surface area (Å²) in [4.78, 5) is 11.6. The van der Waals surface area contributed by atoms with Crippen molar-refractivity contribution in [1.29, 1.82) is 0 Å². The highest BCUT2D eigenvalue weighted by Crippen LogP contribution is 1.98. The van der Waals surface area contributed by atoms with Crippen LogP contribution in [-0.2, 0) is 16.1 Å². The molecule has 1 N–H and O–H groups in total. The Morgan fingerprint density at radius 1 is 1.62 bits per heavy atom. The van der Waals surface area contributed by atoms with Crippen molar-refractivity contribution in [3.8, 4) is 0 Å². The van der Waals surface area contributed by atoms with E-state index in [2.05, 4.69) is 10.4 Å². The highest BCUT2D eigenvalue weighted by Gasteiger charge is 2.19. The minimum atomic E-state index is -0.329. The van der Waals surface area contributed by atoms with Crippen LogP contribution in [0.15, 0.2) is 12.4 Å². The zero-order chi connectivity index (χ0) is 12.0. The lowest BCUT2D eigenvalue weighted by atomic mass is 10.3. The number of rotatable bonds is 6. The van der Waals surface area contributed by atoms with Crippen LogP contribution in [0, 0.1) is 6.92 Å². The average molecular weight is 225 g/mol. The highest BCUT2D eigenvalue weighted by molar-refractivity contribution is 5.75. The lowest BCUT2D eigenvalue weighted by Crippen LogP contribution is -2.41. The number of nitrogens with one attached hydrogen (secondary N) is 1. The highest BCUT2D eigenvalue weighted by atomic mass is 16.5. The van der Waals surface area contributed by atoms with Crippen LogP contribution in [0.25, 0.3) is 0 Å². The summed E-state index contributed by atoms with van der Waals surface area (Å²) >= 11 is 0. The molecule has 0 spiro atoms. The molecule has 1 aromatic heterocycles. The van der Waals surface area contributed by atoms with Gasteiger partial charge in [0.2, 0.25) is 0 Å². The van der Waals surface area contributed by atoms with Crippen LogP contribution in [0.1, 0.15) is 19.4 Å². The third kappa shape index (κ3) is 3.66. The summed E-state index contributed by atoms with van der Waals surface area (Å²) in [6.45, 7) is 7.36. The summed E-state index contributed by atoms with van der Waals surface area (Å²) in [6.07, 6.45) is 3.68. The van der Waals surface area contributed by atoms with Crippen molar-refractivity contribution in [1.82, 2.24) is 15.1 Å². The van der Waals surface area contributed by atoms with E-state index in [1.54, 1.807) is 17.8 Å². The molecule has 1 aromatic rings. The first-order chi connectivity index (χ1) is 7.67. The molecule has 0 saturated heterocycles. The molecule has 0 aromatic carbocycles. The van der Waals surface area contributed by atoms with E-state index in [1.807, 2.05) is 20.0 Å². The number of carbonyl (C=O) groups is 1.